The molecule has 0 aliphatic carbocycles. The average Bonchev–Trinajstić information content (AvgIpc) is 2.16. The maximum absolute atomic E-state index is 12.9. The molecule has 1 aromatic rings. The number of halogens is 1. The van der Waals surface area contributed by atoms with Crippen molar-refractivity contribution in [3.05, 3.63) is 29.6 Å². The minimum absolute atomic E-state index is 0.347. The van der Waals surface area contributed by atoms with E-state index in [1.165, 1.54) is 32.2 Å². The first-order valence-electron chi connectivity index (χ1n) is 4.12. The van der Waals surface area contributed by atoms with Gasteiger partial charge in [0.1, 0.15) is 11.6 Å². The molecule has 1 unspecified atom stereocenters. The molecule has 0 aromatic heterocycles. The Labute approximate surface area is 81.1 Å². The van der Waals surface area contributed by atoms with Gasteiger partial charge in [0.2, 0.25) is 0 Å². The van der Waals surface area contributed by atoms with E-state index in [1.807, 2.05) is 0 Å². The number of carbonyl (C=O) groups is 1. The average molecular weight is 198 g/mol. The van der Waals surface area contributed by atoms with Gasteiger partial charge in [-0.3, -0.25) is 4.79 Å². The Balaban J connectivity index is 3.16. The fourth-order valence-electron chi connectivity index (χ4n) is 1.18. The highest BCUT2D eigenvalue weighted by molar-refractivity contribution is 5.76. The van der Waals surface area contributed by atoms with Gasteiger partial charge in [-0.15, -0.1) is 0 Å². The van der Waals surface area contributed by atoms with Gasteiger partial charge in [0, 0.05) is 5.56 Å². The molecule has 0 spiro atoms. The fraction of sp³-hybridized carbons (Fsp3) is 0.300. The van der Waals surface area contributed by atoms with Crippen molar-refractivity contribution in [3.63, 3.8) is 0 Å². The number of methoxy groups -OCH3 is 1. The second kappa shape index (κ2) is 4.09. The van der Waals surface area contributed by atoms with Crippen molar-refractivity contribution in [2.75, 3.05) is 7.11 Å². The van der Waals surface area contributed by atoms with Crippen molar-refractivity contribution >= 4 is 5.97 Å². The van der Waals surface area contributed by atoms with Gasteiger partial charge < -0.3 is 9.84 Å². The van der Waals surface area contributed by atoms with Gasteiger partial charge in [0.15, 0.2) is 0 Å². The van der Waals surface area contributed by atoms with Crippen molar-refractivity contribution in [2.24, 2.45) is 0 Å². The topological polar surface area (TPSA) is 46.5 Å². The molecule has 4 heteroatoms. The molecule has 0 bridgehead atoms. The van der Waals surface area contributed by atoms with Crippen LogP contribution in [0.1, 0.15) is 18.4 Å². The van der Waals surface area contributed by atoms with Crippen LogP contribution in [0.4, 0.5) is 4.39 Å². The molecule has 1 rings (SSSR count). The van der Waals surface area contributed by atoms with Crippen LogP contribution in [0.5, 0.6) is 5.75 Å². The number of hydrogen-bond acceptors (Lipinski definition) is 2. The molecular formula is C10H11FO3. The van der Waals surface area contributed by atoms with Crippen LogP contribution < -0.4 is 4.74 Å². The van der Waals surface area contributed by atoms with E-state index < -0.39 is 17.7 Å². The van der Waals surface area contributed by atoms with Crippen molar-refractivity contribution < 1.29 is 19.0 Å². The van der Waals surface area contributed by atoms with Crippen LogP contribution in [-0.4, -0.2) is 18.2 Å². The zero-order valence-electron chi connectivity index (χ0n) is 7.95. The quantitative estimate of drug-likeness (QED) is 0.808. The normalized spacial score (nSPS) is 12.2. The monoisotopic (exact) mass is 198 g/mol. The Hall–Kier alpha value is -1.58. The van der Waals surface area contributed by atoms with Crippen LogP contribution in [0.2, 0.25) is 0 Å². The van der Waals surface area contributed by atoms with Crippen LogP contribution >= 0.6 is 0 Å². The Morgan fingerprint density at radius 1 is 1.57 bits per heavy atom. The summed E-state index contributed by atoms with van der Waals surface area (Å²) in [5, 5.41) is 8.77. The van der Waals surface area contributed by atoms with E-state index >= 15 is 0 Å². The number of rotatable bonds is 3. The fourth-order valence-corrected chi connectivity index (χ4v) is 1.18. The molecule has 0 saturated heterocycles. The van der Waals surface area contributed by atoms with Crippen LogP contribution in [0.25, 0.3) is 0 Å². The lowest BCUT2D eigenvalue weighted by atomic mass is 10.0. The summed E-state index contributed by atoms with van der Waals surface area (Å²) in [4.78, 5) is 10.7. The van der Waals surface area contributed by atoms with Crippen LogP contribution in [0, 0.1) is 5.82 Å². The highest BCUT2D eigenvalue weighted by Crippen LogP contribution is 2.27. The number of carboxylic acid groups (broad SMARTS) is 1. The van der Waals surface area contributed by atoms with Crippen molar-refractivity contribution in [1.82, 2.24) is 0 Å². The standard InChI is InChI=1S/C10H11FO3/c1-6(10(12)13)8-5-7(11)3-4-9(8)14-2/h3-6H,1-2H3,(H,12,13). The Bertz CT molecular complexity index is 349. The van der Waals surface area contributed by atoms with Crippen molar-refractivity contribution in [3.8, 4) is 5.75 Å². The van der Waals surface area contributed by atoms with E-state index in [4.69, 9.17) is 9.84 Å². The first kappa shape index (κ1) is 10.5. The Kier molecular flexibility index (Phi) is 3.06. The lowest BCUT2D eigenvalue weighted by molar-refractivity contribution is -0.138. The molecule has 1 N–H and O–H groups in total. The Morgan fingerprint density at radius 2 is 2.21 bits per heavy atom. The molecule has 1 aromatic carbocycles. The molecular weight excluding hydrogens is 187 g/mol. The summed E-state index contributed by atoms with van der Waals surface area (Å²) in [5.74, 6) is -1.86. The summed E-state index contributed by atoms with van der Waals surface area (Å²) < 4.78 is 17.8. The maximum Gasteiger partial charge on any atom is 0.310 e. The van der Waals surface area contributed by atoms with Gasteiger partial charge in [0.05, 0.1) is 13.0 Å². The zero-order chi connectivity index (χ0) is 10.7. The number of aliphatic carboxylic acids is 1. The third-order valence-electron chi connectivity index (χ3n) is 2.03. The second-order valence-corrected chi connectivity index (χ2v) is 2.95. The number of carboxylic acids is 1. The molecule has 76 valence electrons. The smallest absolute Gasteiger partial charge is 0.310 e. The first-order chi connectivity index (χ1) is 6.56. The molecule has 0 aliphatic rings. The number of hydrogen-bond donors (Lipinski definition) is 1. The molecule has 0 heterocycles. The van der Waals surface area contributed by atoms with E-state index in [9.17, 15) is 9.18 Å². The molecule has 0 aliphatic heterocycles. The predicted octanol–water partition coefficient (Wildman–Crippen LogP) is 2.02. The molecule has 0 amide bonds. The third-order valence-corrected chi connectivity index (χ3v) is 2.03. The zero-order valence-corrected chi connectivity index (χ0v) is 7.95. The van der Waals surface area contributed by atoms with Gasteiger partial charge in [-0.2, -0.15) is 0 Å². The summed E-state index contributed by atoms with van der Waals surface area (Å²) in [7, 11) is 1.42. The van der Waals surface area contributed by atoms with Crippen LogP contribution in [0.15, 0.2) is 18.2 Å². The molecule has 0 fully saturated rings. The second-order valence-electron chi connectivity index (χ2n) is 2.95. The van der Waals surface area contributed by atoms with Crippen LogP contribution in [-0.2, 0) is 4.79 Å². The number of benzene rings is 1. The summed E-state index contributed by atoms with van der Waals surface area (Å²) in [6, 6.07) is 3.83. The van der Waals surface area contributed by atoms with E-state index in [0.29, 0.717) is 11.3 Å². The molecule has 0 radical (unpaired) electrons. The molecule has 0 saturated carbocycles. The van der Waals surface area contributed by atoms with Gasteiger partial charge in [-0.25, -0.2) is 4.39 Å². The third kappa shape index (κ3) is 2.02. The molecule has 14 heavy (non-hydrogen) atoms. The van der Waals surface area contributed by atoms with Gasteiger partial charge in [-0.1, -0.05) is 0 Å². The predicted molar refractivity (Wildman–Crippen MR) is 49.0 cm³/mol. The minimum Gasteiger partial charge on any atom is -0.496 e. The van der Waals surface area contributed by atoms with Gasteiger partial charge in [-0.05, 0) is 25.1 Å². The lowest BCUT2D eigenvalue weighted by Crippen LogP contribution is -2.09. The van der Waals surface area contributed by atoms with E-state index in [2.05, 4.69) is 0 Å². The van der Waals surface area contributed by atoms with E-state index in [-0.39, 0.29) is 0 Å². The van der Waals surface area contributed by atoms with Crippen molar-refractivity contribution in [2.45, 2.75) is 12.8 Å². The molecule has 3 nitrogen and oxygen atoms in total. The highest BCUT2D eigenvalue weighted by atomic mass is 19.1. The van der Waals surface area contributed by atoms with Gasteiger partial charge in [0.25, 0.3) is 0 Å². The van der Waals surface area contributed by atoms with Gasteiger partial charge >= 0.3 is 5.97 Å². The summed E-state index contributed by atoms with van der Waals surface area (Å²) in [6.45, 7) is 1.49. The first-order valence-corrected chi connectivity index (χ1v) is 4.12. The van der Waals surface area contributed by atoms with E-state index in [0.717, 1.165) is 0 Å². The Morgan fingerprint density at radius 3 is 2.71 bits per heavy atom. The van der Waals surface area contributed by atoms with E-state index in [1.54, 1.807) is 0 Å². The highest BCUT2D eigenvalue weighted by Gasteiger charge is 2.18. The lowest BCUT2D eigenvalue weighted by Gasteiger charge is -2.11. The SMILES string of the molecule is COc1ccc(F)cc1C(C)C(=O)O. The summed E-state index contributed by atoms with van der Waals surface area (Å²) >= 11 is 0. The van der Waals surface area contributed by atoms with Crippen LogP contribution in [0.3, 0.4) is 0 Å². The molecule has 1 atom stereocenters. The summed E-state index contributed by atoms with van der Waals surface area (Å²) in [6.07, 6.45) is 0. The number of ether oxygens (including phenoxy) is 1. The summed E-state index contributed by atoms with van der Waals surface area (Å²) in [5.41, 5.74) is 0.347. The van der Waals surface area contributed by atoms with Crippen molar-refractivity contribution in [1.29, 1.82) is 0 Å². The maximum atomic E-state index is 12.9. The largest absolute Gasteiger partial charge is 0.496 e. The minimum atomic E-state index is -1.01.